The predicted octanol–water partition coefficient (Wildman–Crippen LogP) is 2.32. The summed E-state index contributed by atoms with van der Waals surface area (Å²) in [6.45, 7) is 7.59. The molecule has 0 fully saturated rings. The third-order valence-electron chi connectivity index (χ3n) is 2.35. The quantitative estimate of drug-likeness (QED) is 0.648. The first-order valence-corrected chi connectivity index (χ1v) is 6.15. The van der Waals surface area contributed by atoms with E-state index in [0.717, 1.165) is 22.8 Å². The molecule has 1 aromatic rings. The number of ether oxygens (including phenoxy) is 2. The molecule has 0 bridgehead atoms. The number of hydrogen-bond donors (Lipinski definition) is 2. The first kappa shape index (κ1) is 12.7. The van der Waals surface area contributed by atoms with Gasteiger partial charge in [-0.15, -0.1) is 0 Å². The molecule has 0 spiro atoms. The number of anilines is 1. The van der Waals surface area contributed by atoms with E-state index in [0.29, 0.717) is 24.9 Å². The Balaban J connectivity index is 1.97. The zero-order valence-electron chi connectivity index (χ0n) is 10.3. The number of benzene rings is 1. The van der Waals surface area contributed by atoms with Crippen molar-refractivity contribution in [3.8, 4) is 11.5 Å². The Morgan fingerprint density at radius 1 is 1.33 bits per heavy atom. The molecule has 1 aliphatic rings. The average Bonchev–Trinajstić information content (AvgIpc) is 2.36. The Hall–Kier alpha value is -1.75. The van der Waals surface area contributed by atoms with Gasteiger partial charge < -0.3 is 20.1 Å². The molecule has 0 aliphatic carbocycles. The van der Waals surface area contributed by atoms with Crippen molar-refractivity contribution in [2.45, 2.75) is 6.92 Å². The largest absolute Gasteiger partial charge is 0.486 e. The minimum Gasteiger partial charge on any atom is -0.486 e. The zero-order valence-corrected chi connectivity index (χ0v) is 11.1. The fourth-order valence-electron chi connectivity index (χ4n) is 1.53. The molecule has 96 valence electrons. The molecule has 0 unspecified atom stereocenters. The second-order valence-corrected chi connectivity index (χ2v) is 4.53. The van der Waals surface area contributed by atoms with E-state index in [1.54, 1.807) is 0 Å². The zero-order chi connectivity index (χ0) is 13.0. The lowest BCUT2D eigenvalue weighted by Gasteiger charge is -2.19. The molecule has 0 atom stereocenters. The Bertz CT molecular complexity index is 474. The first-order valence-electron chi connectivity index (χ1n) is 5.74. The van der Waals surface area contributed by atoms with Crippen LogP contribution in [0.3, 0.4) is 0 Å². The third kappa shape index (κ3) is 3.37. The minimum absolute atomic E-state index is 0.565. The topological polar surface area (TPSA) is 42.5 Å². The maximum absolute atomic E-state index is 5.50. The normalized spacial score (nSPS) is 12.7. The molecule has 0 aromatic heterocycles. The molecule has 2 rings (SSSR count). The van der Waals surface area contributed by atoms with Gasteiger partial charge in [-0.2, -0.15) is 0 Å². The molecular formula is C13H16N2O2S. The van der Waals surface area contributed by atoms with Crippen molar-refractivity contribution in [3.05, 3.63) is 30.4 Å². The van der Waals surface area contributed by atoms with Gasteiger partial charge >= 0.3 is 0 Å². The van der Waals surface area contributed by atoms with Crippen LogP contribution in [-0.4, -0.2) is 24.9 Å². The van der Waals surface area contributed by atoms with Crippen LogP contribution in [0.2, 0.25) is 0 Å². The van der Waals surface area contributed by atoms with Gasteiger partial charge in [-0.1, -0.05) is 12.2 Å². The number of hydrogen-bond acceptors (Lipinski definition) is 3. The monoisotopic (exact) mass is 264 g/mol. The highest BCUT2D eigenvalue weighted by atomic mass is 32.1. The lowest BCUT2D eigenvalue weighted by molar-refractivity contribution is 0.171. The van der Waals surface area contributed by atoms with Crippen LogP contribution < -0.4 is 20.1 Å². The predicted molar refractivity (Wildman–Crippen MR) is 76.5 cm³/mol. The van der Waals surface area contributed by atoms with Gasteiger partial charge in [0.15, 0.2) is 16.6 Å². The van der Waals surface area contributed by atoms with Crippen molar-refractivity contribution in [1.82, 2.24) is 5.32 Å². The van der Waals surface area contributed by atoms with Gasteiger partial charge in [0.05, 0.1) is 0 Å². The second kappa shape index (κ2) is 5.73. The number of rotatable bonds is 3. The Kier molecular flexibility index (Phi) is 4.04. The van der Waals surface area contributed by atoms with Crippen LogP contribution in [0.25, 0.3) is 0 Å². The van der Waals surface area contributed by atoms with E-state index in [9.17, 15) is 0 Å². The molecule has 2 N–H and O–H groups in total. The van der Waals surface area contributed by atoms with Gasteiger partial charge in [0.2, 0.25) is 0 Å². The second-order valence-electron chi connectivity index (χ2n) is 4.12. The van der Waals surface area contributed by atoms with Crippen molar-refractivity contribution in [2.75, 3.05) is 25.1 Å². The van der Waals surface area contributed by atoms with E-state index < -0.39 is 0 Å². The maximum atomic E-state index is 5.50. The van der Waals surface area contributed by atoms with Crippen molar-refractivity contribution >= 4 is 23.0 Å². The number of fused-ring (bicyclic) bond motifs is 1. The Morgan fingerprint density at radius 3 is 2.78 bits per heavy atom. The van der Waals surface area contributed by atoms with Gasteiger partial charge in [-0.3, -0.25) is 0 Å². The molecule has 1 heterocycles. The lowest BCUT2D eigenvalue weighted by Crippen LogP contribution is -2.29. The van der Waals surface area contributed by atoms with E-state index in [1.165, 1.54) is 0 Å². The van der Waals surface area contributed by atoms with Gasteiger partial charge in [0, 0.05) is 18.3 Å². The van der Waals surface area contributed by atoms with E-state index in [4.69, 9.17) is 21.7 Å². The smallest absolute Gasteiger partial charge is 0.171 e. The Labute approximate surface area is 112 Å². The van der Waals surface area contributed by atoms with Crippen LogP contribution in [0.15, 0.2) is 30.4 Å². The summed E-state index contributed by atoms with van der Waals surface area (Å²) in [7, 11) is 0. The molecule has 0 radical (unpaired) electrons. The van der Waals surface area contributed by atoms with Crippen LogP contribution >= 0.6 is 12.2 Å². The standard InChI is InChI=1S/C13H16N2O2S/c1-9(2)8-14-13(18)15-10-3-4-11-12(7-10)17-6-5-16-11/h3-4,7H,1,5-6,8H2,2H3,(H2,14,15,18). The highest BCUT2D eigenvalue weighted by Crippen LogP contribution is 2.32. The fourth-order valence-corrected chi connectivity index (χ4v) is 1.72. The van der Waals surface area contributed by atoms with E-state index >= 15 is 0 Å². The van der Waals surface area contributed by atoms with Crippen molar-refractivity contribution in [1.29, 1.82) is 0 Å². The molecule has 5 heteroatoms. The molecule has 1 aliphatic heterocycles. The van der Waals surface area contributed by atoms with E-state index in [-0.39, 0.29) is 0 Å². The summed E-state index contributed by atoms with van der Waals surface area (Å²) in [5.41, 5.74) is 1.90. The number of thiocarbonyl (C=S) groups is 1. The minimum atomic E-state index is 0.565. The van der Waals surface area contributed by atoms with Crippen LogP contribution in [-0.2, 0) is 0 Å². The van der Waals surface area contributed by atoms with Crippen LogP contribution in [0.5, 0.6) is 11.5 Å². The van der Waals surface area contributed by atoms with Gasteiger partial charge in [-0.05, 0) is 31.3 Å². The first-order chi connectivity index (χ1) is 8.65. The van der Waals surface area contributed by atoms with E-state index in [2.05, 4.69) is 17.2 Å². The molecule has 18 heavy (non-hydrogen) atoms. The van der Waals surface area contributed by atoms with Crippen molar-refractivity contribution in [2.24, 2.45) is 0 Å². The third-order valence-corrected chi connectivity index (χ3v) is 2.60. The summed E-state index contributed by atoms with van der Waals surface area (Å²) in [4.78, 5) is 0. The van der Waals surface area contributed by atoms with Gasteiger partial charge in [0.1, 0.15) is 13.2 Å². The molecule has 4 nitrogen and oxygen atoms in total. The summed E-state index contributed by atoms with van der Waals surface area (Å²) < 4.78 is 11.0. The molecule has 0 saturated carbocycles. The molecular weight excluding hydrogens is 248 g/mol. The molecule has 1 aromatic carbocycles. The summed E-state index contributed by atoms with van der Waals surface area (Å²) in [6, 6.07) is 5.66. The summed E-state index contributed by atoms with van der Waals surface area (Å²) in [5.74, 6) is 1.52. The van der Waals surface area contributed by atoms with Gasteiger partial charge in [-0.25, -0.2) is 0 Å². The SMILES string of the molecule is C=C(C)CNC(=S)Nc1ccc2c(c1)OCCO2. The highest BCUT2D eigenvalue weighted by Gasteiger charge is 2.11. The fraction of sp³-hybridized carbons (Fsp3) is 0.308. The number of nitrogens with one attached hydrogen (secondary N) is 2. The van der Waals surface area contributed by atoms with Crippen LogP contribution in [0, 0.1) is 0 Å². The van der Waals surface area contributed by atoms with Crippen molar-refractivity contribution in [3.63, 3.8) is 0 Å². The van der Waals surface area contributed by atoms with E-state index in [1.807, 2.05) is 25.1 Å². The van der Waals surface area contributed by atoms with Crippen LogP contribution in [0.1, 0.15) is 6.92 Å². The maximum Gasteiger partial charge on any atom is 0.171 e. The van der Waals surface area contributed by atoms with Crippen LogP contribution in [0.4, 0.5) is 5.69 Å². The summed E-state index contributed by atoms with van der Waals surface area (Å²) in [6.07, 6.45) is 0. The Morgan fingerprint density at radius 2 is 2.06 bits per heavy atom. The summed E-state index contributed by atoms with van der Waals surface area (Å²) in [5, 5.41) is 6.71. The molecule has 0 saturated heterocycles. The molecule has 0 amide bonds. The lowest BCUT2D eigenvalue weighted by atomic mass is 10.2. The average molecular weight is 264 g/mol. The summed E-state index contributed by atoms with van der Waals surface area (Å²) >= 11 is 5.17. The highest BCUT2D eigenvalue weighted by molar-refractivity contribution is 7.80. The van der Waals surface area contributed by atoms with Gasteiger partial charge in [0.25, 0.3) is 0 Å². The van der Waals surface area contributed by atoms with Crippen molar-refractivity contribution < 1.29 is 9.47 Å².